The van der Waals surface area contributed by atoms with Crippen molar-refractivity contribution in [1.82, 2.24) is 4.90 Å². The fourth-order valence-electron chi connectivity index (χ4n) is 3.42. The van der Waals surface area contributed by atoms with Crippen LogP contribution in [0, 0.1) is 0 Å². The average molecular weight is 343 g/mol. The second kappa shape index (κ2) is 5.94. The lowest BCUT2D eigenvalue weighted by atomic mass is 10.1. The van der Waals surface area contributed by atoms with Gasteiger partial charge >= 0.3 is 0 Å². The predicted molar refractivity (Wildman–Crippen MR) is 86.1 cm³/mol. The summed E-state index contributed by atoms with van der Waals surface area (Å²) in [6, 6.07) is 9.70. The van der Waals surface area contributed by atoms with Gasteiger partial charge in [0.05, 0.1) is 23.0 Å². The summed E-state index contributed by atoms with van der Waals surface area (Å²) in [7, 11) is -5.96. The Hall–Kier alpha value is -0.920. The molecule has 122 valence electrons. The van der Waals surface area contributed by atoms with Crippen molar-refractivity contribution in [3.8, 4) is 0 Å². The molecule has 0 N–H and O–H groups in total. The topological polar surface area (TPSA) is 71.5 Å². The first-order valence-corrected chi connectivity index (χ1v) is 11.2. The van der Waals surface area contributed by atoms with Crippen molar-refractivity contribution in [1.29, 1.82) is 0 Å². The molecule has 7 heteroatoms. The smallest absolute Gasteiger partial charge is 0.151 e. The maximum absolute atomic E-state index is 11.8. The van der Waals surface area contributed by atoms with Gasteiger partial charge < -0.3 is 0 Å². The van der Waals surface area contributed by atoms with Crippen molar-refractivity contribution >= 4 is 19.7 Å². The molecule has 0 bridgehead atoms. The molecule has 0 aliphatic carbocycles. The summed E-state index contributed by atoms with van der Waals surface area (Å²) in [4.78, 5) is 2.12. The van der Waals surface area contributed by atoms with E-state index in [1.807, 2.05) is 30.3 Å². The van der Waals surface area contributed by atoms with Crippen LogP contribution in [0.1, 0.15) is 18.4 Å². The molecule has 2 heterocycles. The van der Waals surface area contributed by atoms with Gasteiger partial charge in [-0.2, -0.15) is 0 Å². The van der Waals surface area contributed by atoms with E-state index in [0.29, 0.717) is 19.4 Å². The molecule has 2 atom stereocenters. The normalized spacial score (nSPS) is 29.9. The lowest BCUT2D eigenvalue weighted by Crippen LogP contribution is -2.44. The van der Waals surface area contributed by atoms with Gasteiger partial charge in [-0.1, -0.05) is 30.3 Å². The lowest BCUT2D eigenvalue weighted by Gasteiger charge is -2.33. The fraction of sp³-hybridized carbons (Fsp3) is 0.600. The maximum atomic E-state index is 11.8. The zero-order valence-electron chi connectivity index (χ0n) is 12.4. The molecule has 2 saturated heterocycles. The van der Waals surface area contributed by atoms with Gasteiger partial charge in [0, 0.05) is 18.6 Å². The molecule has 0 saturated carbocycles. The first-order chi connectivity index (χ1) is 10.3. The van der Waals surface area contributed by atoms with Crippen LogP contribution in [0.15, 0.2) is 30.3 Å². The number of hydrogen-bond donors (Lipinski definition) is 0. The van der Waals surface area contributed by atoms with Crippen LogP contribution in [0.2, 0.25) is 0 Å². The third-order valence-corrected chi connectivity index (χ3v) is 8.06. The predicted octanol–water partition coefficient (Wildman–Crippen LogP) is 0.863. The standard InChI is InChI=1S/C15H21NO4S2/c17-21(18)8-6-14(11-21)16(10-13-4-2-1-3-5-13)15-7-9-22(19,20)12-15/h1-5,14-15H,6-12H2/t14-,15-/m1/s1. The maximum Gasteiger partial charge on any atom is 0.151 e. The summed E-state index contributed by atoms with van der Waals surface area (Å²) < 4.78 is 47.2. The zero-order chi connectivity index (χ0) is 15.8. The van der Waals surface area contributed by atoms with Crippen molar-refractivity contribution in [2.75, 3.05) is 23.0 Å². The van der Waals surface area contributed by atoms with Crippen LogP contribution in [-0.4, -0.2) is 56.8 Å². The van der Waals surface area contributed by atoms with Crippen molar-refractivity contribution in [3.05, 3.63) is 35.9 Å². The molecule has 5 nitrogen and oxygen atoms in total. The highest BCUT2D eigenvalue weighted by molar-refractivity contribution is 7.92. The fourth-order valence-corrected chi connectivity index (χ4v) is 6.91. The van der Waals surface area contributed by atoms with E-state index >= 15 is 0 Å². The first-order valence-electron chi connectivity index (χ1n) is 7.55. The monoisotopic (exact) mass is 343 g/mol. The summed E-state index contributed by atoms with van der Waals surface area (Å²) >= 11 is 0. The third kappa shape index (κ3) is 3.70. The van der Waals surface area contributed by atoms with E-state index in [9.17, 15) is 16.8 Å². The minimum Gasteiger partial charge on any atom is -0.291 e. The molecule has 2 aliphatic heterocycles. The zero-order valence-corrected chi connectivity index (χ0v) is 14.0. The van der Waals surface area contributed by atoms with Gasteiger partial charge in [0.25, 0.3) is 0 Å². The van der Waals surface area contributed by atoms with Gasteiger partial charge in [-0.05, 0) is 18.4 Å². The number of hydrogen-bond acceptors (Lipinski definition) is 5. The van der Waals surface area contributed by atoms with Crippen LogP contribution >= 0.6 is 0 Å². The summed E-state index contributed by atoms with van der Waals surface area (Å²) in [5.41, 5.74) is 1.09. The Bertz CT molecular complexity index is 684. The van der Waals surface area contributed by atoms with Crippen molar-refractivity contribution < 1.29 is 16.8 Å². The second-order valence-electron chi connectivity index (χ2n) is 6.27. The minimum atomic E-state index is -2.98. The van der Waals surface area contributed by atoms with Crippen molar-refractivity contribution in [2.24, 2.45) is 0 Å². The van der Waals surface area contributed by atoms with E-state index in [0.717, 1.165) is 5.56 Å². The molecule has 0 spiro atoms. The van der Waals surface area contributed by atoms with Crippen LogP contribution in [0.5, 0.6) is 0 Å². The van der Waals surface area contributed by atoms with Crippen LogP contribution < -0.4 is 0 Å². The quantitative estimate of drug-likeness (QED) is 0.811. The van der Waals surface area contributed by atoms with E-state index in [1.54, 1.807) is 0 Å². The molecule has 0 radical (unpaired) electrons. The van der Waals surface area contributed by atoms with Crippen LogP contribution in [0.3, 0.4) is 0 Å². The Morgan fingerprint density at radius 2 is 1.36 bits per heavy atom. The molecule has 0 unspecified atom stereocenters. The minimum absolute atomic E-state index is 0.0662. The summed E-state index contributed by atoms with van der Waals surface area (Å²) in [5, 5.41) is 0. The lowest BCUT2D eigenvalue weighted by molar-refractivity contribution is 0.150. The van der Waals surface area contributed by atoms with Gasteiger partial charge in [0.2, 0.25) is 0 Å². The van der Waals surface area contributed by atoms with Crippen molar-refractivity contribution in [2.45, 2.75) is 31.5 Å². The largest absolute Gasteiger partial charge is 0.291 e. The Morgan fingerprint density at radius 3 is 1.77 bits per heavy atom. The number of sulfone groups is 2. The van der Waals surface area contributed by atoms with Gasteiger partial charge in [-0.3, -0.25) is 4.90 Å². The molecule has 1 aromatic carbocycles. The second-order valence-corrected chi connectivity index (χ2v) is 10.7. The highest BCUT2D eigenvalue weighted by Crippen LogP contribution is 2.27. The van der Waals surface area contributed by atoms with E-state index in [4.69, 9.17) is 0 Å². The highest BCUT2D eigenvalue weighted by atomic mass is 32.2. The Balaban J connectivity index is 1.83. The van der Waals surface area contributed by atoms with Gasteiger partial charge in [-0.25, -0.2) is 16.8 Å². The summed E-state index contributed by atoms with van der Waals surface area (Å²) in [6.45, 7) is 0.612. The molecule has 2 fully saturated rings. The average Bonchev–Trinajstić information content (AvgIpc) is 2.99. The van der Waals surface area contributed by atoms with E-state index < -0.39 is 19.7 Å². The number of rotatable bonds is 4. The molecule has 3 rings (SSSR count). The molecule has 1 aromatic rings. The van der Waals surface area contributed by atoms with Crippen molar-refractivity contribution in [3.63, 3.8) is 0 Å². The third-order valence-electron chi connectivity index (χ3n) is 4.56. The van der Waals surface area contributed by atoms with Gasteiger partial charge in [0.1, 0.15) is 0 Å². The Kier molecular flexibility index (Phi) is 4.31. The van der Waals surface area contributed by atoms with E-state index in [1.165, 1.54) is 0 Å². The molecule has 0 amide bonds. The highest BCUT2D eigenvalue weighted by Gasteiger charge is 2.39. The van der Waals surface area contributed by atoms with E-state index in [-0.39, 0.29) is 35.1 Å². The Morgan fingerprint density at radius 1 is 0.864 bits per heavy atom. The number of benzene rings is 1. The molecule has 22 heavy (non-hydrogen) atoms. The summed E-state index contributed by atoms with van der Waals surface area (Å²) in [6.07, 6.45) is 1.21. The first kappa shape index (κ1) is 16.0. The van der Waals surface area contributed by atoms with Crippen LogP contribution in [0.25, 0.3) is 0 Å². The summed E-state index contributed by atoms with van der Waals surface area (Å²) in [5.74, 6) is 0.720. The van der Waals surface area contributed by atoms with Crippen LogP contribution in [0.4, 0.5) is 0 Å². The van der Waals surface area contributed by atoms with Gasteiger partial charge in [-0.15, -0.1) is 0 Å². The SMILES string of the molecule is O=S1(=O)CC[C@@H](N(Cc2ccccc2)[C@@H]2CCS(=O)(=O)C2)C1. The molecule has 2 aliphatic rings. The van der Waals surface area contributed by atoms with Crippen LogP contribution in [-0.2, 0) is 26.2 Å². The van der Waals surface area contributed by atoms with Gasteiger partial charge in [0.15, 0.2) is 19.7 Å². The Labute approximate surface area is 132 Å². The molecule has 0 aromatic heterocycles. The molecular formula is C15H21NO4S2. The van der Waals surface area contributed by atoms with E-state index in [2.05, 4.69) is 4.90 Å². The number of nitrogens with zero attached hydrogens (tertiary/aromatic N) is 1. The molecular weight excluding hydrogens is 322 g/mol.